The topological polar surface area (TPSA) is 91.8 Å². The summed E-state index contributed by atoms with van der Waals surface area (Å²) in [5, 5.41) is 0.977. The van der Waals surface area contributed by atoms with Crippen molar-refractivity contribution in [1.29, 1.82) is 0 Å². The summed E-state index contributed by atoms with van der Waals surface area (Å²) >= 11 is 0. The van der Waals surface area contributed by atoms with Crippen LogP contribution in [0.2, 0.25) is 0 Å². The first-order valence-electron chi connectivity index (χ1n) is 7.38. The van der Waals surface area contributed by atoms with Gasteiger partial charge in [0.1, 0.15) is 4.90 Å². The Hall–Kier alpha value is -1.45. The van der Waals surface area contributed by atoms with E-state index >= 15 is 0 Å². The summed E-state index contributed by atoms with van der Waals surface area (Å²) in [5.74, 6) is -0.707. The van der Waals surface area contributed by atoms with E-state index in [1.165, 1.54) is 45.2 Å². The Bertz CT molecular complexity index is 824. The molecule has 0 unspecified atom stereocenters. The van der Waals surface area contributed by atoms with E-state index in [0.29, 0.717) is 0 Å². The van der Waals surface area contributed by atoms with Gasteiger partial charge >= 0.3 is 0 Å². The first kappa shape index (κ1) is 20.6. The van der Waals surface area contributed by atoms with E-state index < -0.39 is 31.3 Å². The zero-order chi connectivity index (χ0) is 18.9. The molecular formula is C15H24N2O5S2. The molecule has 0 aliphatic rings. The number of carbonyl (C=O) groups is 1. The van der Waals surface area contributed by atoms with Crippen LogP contribution >= 0.6 is 0 Å². The fourth-order valence-corrected chi connectivity index (χ4v) is 5.85. The molecule has 0 aliphatic heterocycles. The lowest BCUT2D eigenvalue weighted by atomic mass is 10.1. The highest BCUT2D eigenvalue weighted by Gasteiger charge is 2.40. The number of sulfone groups is 1. The number of hydrazine groups is 1. The Morgan fingerprint density at radius 1 is 1.04 bits per heavy atom. The second-order valence-electron chi connectivity index (χ2n) is 6.31. The van der Waals surface area contributed by atoms with Crippen molar-refractivity contribution in [3.63, 3.8) is 0 Å². The monoisotopic (exact) mass is 376 g/mol. The molecule has 9 heteroatoms. The van der Waals surface area contributed by atoms with Gasteiger partial charge in [-0.05, 0) is 32.9 Å². The lowest BCUT2D eigenvalue weighted by Crippen LogP contribution is -2.55. The number of hydrogen-bond acceptors (Lipinski definition) is 5. The highest BCUT2D eigenvalue weighted by molar-refractivity contribution is 7.93. The maximum Gasteiger partial charge on any atom is 0.261 e. The van der Waals surface area contributed by atoms with Gasteiger partial charge in [0.25, 0.3) is 10.0 Å². The number of nitrogens with zero attached hydrogens (tertiary/aromatic N) is 2. The lowest BCUT2D eigenvalue weighted by Gasteiger charge is -2.40. The summed E-state index contributed by atoms with van der Waals surface area (Å²) in [6.07, 6.45) is 0. The van der Waals surface area contributed by atoms with Crippen molar-refractivity contribution in [2.75, 3.05) is 12.8 Å². The zero-order valence-electron chi connectivity index (χ0n) is 14.8. The van der Waals surface area contributed by atoms with Gasteiger partial charge in [-0.2, -0.15) is 0 Å². The summed E-state index contributed by atoms with van der Waals surface area (Å²) < 4.78 is 51.8. The molecule has 7 nitrogen and oxygen atoms in total. The highest BCUT2D eigenvalue weighted by Crippen LogP contribution is 2.30. The third-order valence-electron chi connectivity index (χ3n) is 3.37. The molecule has 1 amide bonds. The SMILES string of the molecule is CCS(=O)(=O)c1ccccc1S(=O)(=O)N(N(C)C(C)=O)C(C)(C)C. The number of amides is 1. The van der Waals surface area contributed by atoms with Crippen LogP contribution in [0.25, 0.3) is 0 Å². The molecule has 0 saturated carbocycles. The smallest absolute Gasteiger partial charge is 0.261 e. The molecule has 0 bridgehead atoms. The number of sulfonamides is 1. The molecule has 0 fully saturated rings. The van der Waals surface area contributed by atoms with Crippen LogP contribution in [0.15, 0.2) is 34.1 Å². The van der Waals surface area contributed by atoms with Crippen LogP contribution in [0.4, 0.5) is 0 Å². The van der Waals surface area contributed by atoms with Crippen molar-refractivity contribution in [2.24, 2.45) is 0 Å². The van der Waals surface area contributed by atoms with Crippen molar-refractivity contribution < 1.29 is 21.6 Å². The Morgan fingerprint density at radius 2 is 1.50 bits per heavy atom. The summed E-state index contributed by atoms with van der Waals surface area (Å²) in [6, 6.07) is 5.43. The van der Waals surface area contributed by atoms with Crippen molar-refractivity contribution in [3.05, 3.63) is 24.3 Å². The Balaban J connectivity index is 3.74. The van der Waals surface area contributed by atoms with Gasteiger partial charge < -0.3 is 0 Å². The maximum absolute atomic E-state index is 13.2. The summed E-state index contributed by atoms with van der Waals surface area (Å²) in [4.78, 5) is 11.1. The van der Waals surface area contributed by atoms with Gasteiger partial charge in [0.05, 0.1) is 10.6 Å². The van der Waals surface area contributed by atoms with E-state index in [2.05, 4.69) is 0 Å². The summed E-state index contributed by atoms with van der Waals surface area (Å²) in [7, 11) is -6.68. The fraction of sp³-hybridized carbons (Fsp3) is 0.533. The third kappa shape index (κ3) is 3.96. The lowest BCUT2D eigenvalue weighted by molar-refractivity contribution is -0.140. The average Bonchev–Trinajstić information content (AvgIpc) is 2.45. The normalized spacial score (nSPS) is 13.1. The second kappa shape index (κ2) is 6.81. The molecule has 0 heterocycles. The molecule has 0 saturated heterocycles. The van der Waals surface area contributed by atoms with E-state index in [0.717, 1.165) is 9.42 Å². The van der Waals surface area contributed by atoms with Crippen molar-refractivity contribution in [1.82, 2.24) is 9.42 Å². The van der Waals surface area contributed by atoms with Crippen molar-refractivity contribution in [3.8, 4) is 0 Å². The molecule has 0 N–H and O–H groups in total. The van der Waals surface area contributed by atoms with Crippen molar-refractivity contribution in [2.45, 2.75) is 49.9 Å². The molecule has 0 aromatic heterocycles. The van der Waals surface area contributed by atoms with Crippen LogP contribution in [0.1, 0.15) is 34.6 Å². The zero-order valence-corrected chi connectivity index (χ0v) is 16.4. The summed E-state index contributed by atoms with van der Waals surface area (Å²) in [5.41, 5.74) is -0.970. The van der Waals surface area contributed by atoms with Crippen molar-refractivity contribution >= 4 is 25.8 Å². The van der Waals surface area contributed by atoms with Crippen LogP contribution < -0.4 is 0 Å². The molecule has 0 atom stereocenters. The molecule has 24 heavy (non-hydrogen) atoms. The second-order valence-corrected chi connectivity index (χ2v) is 10.3. The molecule has 0 spiro atoms. The minimum Gasteiger partial charge on any atom is -0.274 e. The molecule has 1 aromatic carbocycles. The molecule has 0 aliphatic carbocycles. The van der Waals surface area contributed by atoms with E-state index in [1.807, 2.05) is 0 Å². The van der Waals surface area contributed by atoms with Gasteiger partial charge in [0, 0.05) is 19.5 Å². The predicted molar refractivity (Wildman–Crippen MR) is 91.4 cm³/mol. The molecule has 1 rings (SSSR count). The van der Waals surface area contributed by atoms with Gasteiger partial charge in [-0.25, -0.2) is 16.8 Å². The summed E-state index contributed by atoms with van der Waals surface area (Å²) in [6.45, 7) is 7.56. The Morgan fingerprint density at radius 3 is 1.88 bits per heavy atom. The number of carbonyl (C=O) groups excluding carboxylic acids is 1. The van der Waals surface area contributed by atoms with Gasteiger partial charge in [0.2, 0.25) is 5.91 Å². The van der Waals surface area contributed by atoms with E-state index in [-0.39, 0.29) is 15.5 Å². The Labute approximate surface area is 144 Å². The third-order valence-corrected chi connectivity index (χ3v) is 7.45. The minimum absolute atomic E-state index is 0.225. The number of hydrogen-bond donors (Lipinski definition) is 0. The quantitative estimate of drug-likeness (QED) is 0.729. The predicted octanol–water partition coefficient (Wildman–Crippen LogP) is 1.66. The van der Waals surface area contributed by atoms with E-state index in [1.54, 1.807) is 20.8 Å². The maximum atomic E-state index is 13.2. The van der Waals surface area contributed by atoms with Crippen LogP contribution in [0, 0.1) is 0 Å². The van der Waals surface area contributed by atoms with Crippen LogP contribution in [0.5, 0.6) is 0 Å². The van der Waals surface area contributed by atoms with Crippen LogP contribution in [-0.2, 0) is 24.7 Å². The van der Waals surface area contributed by atoms with Gasteiger partial charge in [0.15, 0.2) is 9.84 Å². The number of benzene rings is 1. The average molecular weight is 377 g/mol. The highest BCUT2D eigenvalue weighted by atomic mass is 32.2. The van der Waals surface area contributed by atoms with Crippen LogP contribution in [-0.4, -0.2) is 50.5 Å². The van der Waals surface area contributed by atoms with Gasteiger partial charge in [-0.1, -0.05) is 19.1 Å². The van der Waals surface area contributed by atoms with Crippen LogP contribution in [0.3, 0.4) is 0 Å². The van der Waals surface area contributed by atoms with E-state index in [4.69, 9.17) is 0 Å². The molecule has 0 radical (unpaired) electrons. The first-order valence-corrected chi connectivity index (χ1v) is 10.5. The molecular weight excluding hydrogens is 352 g/mol. The molecule has 136 valence electrons. The standard InChI is InChI=1S/C15H24N2O5S2/c1-7-23(19,20)13-10-8-9-11-14(13)24(21,22)17(15(3,4)5)16(6)12(2)18/h8-11H,7H2,1-6H3. The van der Waals surface area contributed by atoms with Gasteiger partial charge in [-0.15, -0.1) is 4.41 Å². The number of rotatable bonds is 5. The fourth-order valence-electron chi connectivity index (χ4n) is 2.27. The first-order chi connectivity index (χ1) is 10.8. The van der Waals surface area contributed by atoms with E-state index in [9.17, 15) is 21.6 Å². The minimum atomic E-state index is -4.27. The van der Waals surface area contributed by atoms with Gasteiger partial charge in [-0.3, -0.25) is 9.80 Å². The Kier molecular flexibility index (Phi) is 5.85. The molecule has 1 aromatic rings. The largest absolute Gasteiger partial charge is 0.274 e.